The van der Waals surface area contributed by atoms with Crippen LogP contribution in [0.3, 0.4) is 0 Å². The number of allylic oxidation sites excluding steroid dienone is 9. The number of carbonyl (C=O) groups is 2. The van der Waals surface area contributed by atoms with Crippen LogP contribution in [0.25, 0.3) is 16.5 Å². The molecule has 0 bridgehead atoms. The molecule has 3 nitrogen and oxygen atoms in total. The predicted octanol–water partition coefficient (Wildman–Crippen LogP) is 10.8. The Hall–Kier alpha value is -4.80. The summed E-state index contributed by atoms with van der Waals surface area (Å²) in [6, 6.07) is 26.8. The number of benzene rings is 3. The van der Waals surface area contributed by atoms with Gasteiger partial charge in [-0.05, 0) is 95.5 Å². The van der Waals surface area contributed by atoms with Crippen molar-refractivity contribution in [2.24, 2.45) is 5.92 Å². The van der Waals surface area contributed by atoms with Gasteiger partial charge >= 0.3 is 0 Å². The van der Waals surface area contributed by atoms with Crippen molar-refractivity contribution in [1.82, 2.24) is 0 Å². The van der Waals surface area contributed by atoms with Crippen LogP contribution in [-0.2, 0) is 5.41 Å². The number of anilines is 2. The van der Waals surface area contributed by atoms with Crippen LogP contribution in [0.5, 0.6) is 0 Å². The largest absolute Gasteiger partial charge is 0.314 e. The molecule has 0 radical (unpaired) electrons. The first-order valence-electron chi connectivity index (χ1n) is 16.1. The summed E-state index contributed by atoms with van der Waals surface area (Å²) in [7, 11) is 0. The van der Waals surface area contributed by atoms with Gasteiger partial charge in [-0.25, -0.2) is 0 Å². The van der Waals surface area contributed by atoms with E-state index >= 15 is 0 Å². The molecule has 4 heteroatoms. The quantitative estimate of drug-likeness (QED) is 0.165. The number of nitrogens with zero attached hydrogens (tertiary/aromatic N) is 1. The first-order valence-corrected chi connectivity index (χ1v) is 17.0. The van der Waals surface area contributed by atoms with Crippen molar-refractivity contribution in [3.05, 3.63) is 159 Å². The normalized spacial score (nSPS) is 19.2. The lowest BCUT2D eigenvalue weighted by atomic mass is 9.82. The number of fused-ring (bicyclic) bond motifs is 4. The summed E-state index contributed by atoms with van der Waals surface area (Å²) in [6.45, 7) is 6.90. The van der Waals surface area contributed by atoms with Crippen LogP contribution >= 0.6 is 11.3 Å². The molecular formula is C42H35NO2S. The monoisotopic (exact) mass is 617 g/mol. The molecule has 3 aromatic carbocycles. The van der Waals surface area contributed by atoms with Crippen molar-refractivity contribution in [2.75, 3.05) is 4.90 Å². The number of carbonyl (C=O) groups excluding carboxylic acids is 2. The molecule has 1 aromatic heterocycles. The summed E-state index contributed by atoms with van der Waals surface area (Å²) in [5, 5.41) is 0. The molecule has 0 saturated carbocycles. The fourth-order valence-electron chi connectivity index (χ4n) is 7.50. The Morgan fingerprint density at radius 1 is 0.804 bits per heavy atom. The van der Waals surface area contributed by atoms with Crippen molar-refractivity contribution in [1.29, 1.82) is 0 Å². The summed E-state index contributed by atoms with van der Waals surface area (Å²) >= 11 is 1.66. The van der Waals surface area contributed by atoms with Gasteiger partial charge in [0.2, 0.25) is 0 Å². The number of para-hydroxylation sites is 1. The van der Waals surface area contributed by atoms with Gasteiger partial charge in [-0.15, -0.1) is 11.3 Å². The molecule has 0 N–H and O–H groups in total. The molecule has 0 amide bonds. The second-order valence-electron chi connectivity index (χ2n) is 13.2. The van der Waals surface area contributed by atoms with E-state index in [1.165, 1.54) is 38.4 Å². The third kappa shape index (κ3) is 4.54. The van der Waals surface area contributed by atoms with Gasteiger partial charge < -0.3 is 4.90 Å². The molecule has 8 rings (SSSR count). The van der Waals surface area contributed by atoms with E-state index in [1.54, 1.807) is 29.5 Å². The molecule has 226 valence electrons. The van der Waals surface area contributed by atoms with E-state index in [2.05, 4.69) is 111 Å². The lowest BCUT2D eigenvalue weighted by Crippen LogP contribution is -2.22. The molecule has 4 aliphatic rings. The number of ketones is 2. The van der Waals surface area contributed by atoms with Gasteiger partial charge in [-0.1, -0.05) is 93.6 Å². The minimum atomic E-state index is -0.232. The van der Waals surface area contributed by atoms with Crippen molar-refractivity contribution >= 4 is 40.4 Å². The topological polar surface area (TPSA) is 37.4 Å². The SMILES string of the molecule is CC1CC(N(c2ccccc2)c2ccc3c(c2)C(C)(C)c2cc(C=C4C(=O)c5ccccc5C4=O)sc2-3)=CC=C1C1=CCCC=C1. The van der Waals surface area contributed by atoms with Gasteiger partial charge in [0, 0.05) is 43.4 Å². The van der Waals surface area contributed by atoms with Crippen LogP contribution in [0.15, 0.2) is 132 Å². The Bertz CT molecular complexity index is 2060. The zero-order chi connectivity index (χ0) is 31.6. The molecule has 0 saturated heterocycles. The van der Waals surface area contributed by atoms with E-state index in [1.807, 2.05) is 12.1 Å². The molecule has 1 heterocycles. The van der Waals surface area contributed by atoms with Crippen LogP contribution in [0, 0.1) is 5.92 Å². The number of thiophene rings is 1. The highest BCUT2D eigenvalue weighted by molar-refractivity contribution is 7.16. The second-order valence-corrected chi connectivity index (χ2v) is 14.3. The Balaban J connectivity index is 1.17. The Morgan fingerprint density at radius 3 is 2.24 bits per heavy atom. The van der Waals surface area contributed by atoms with Crippen molar-refractivity contribution in [2.45, 2.75) is 45.4 Å². The van der Waals surface area contributed by atoms with Crippen LogP contribution < -0.4 is 4.90 Å². The number of hydrogen-bond acceptors (Lipinski definition) is 4. The summed E-state index contributed by atoms with van der Waals surface area (Å²) in [5.41, 5.74) is 11.2. The Morgan fingerprint density at radius 2 is 1.54 bits per heavy atom. The van der Waals surface area contributed by atoms with E-state index in [0.29, 0.717) is 17.0 Å². The molecule has 0 aliphatic heterocycles. The summed E-state index contributed by atoms with van der Waals surface area (Å²) in [4.78, 5) is 30.7. The Kier molecular flexibility index (Phi) is 6.81. The minimum absolute atomic E-state index is 0.181. The van der Waals surface area contributed by atoms with E-state index in [4.69, 9.17) is 0 Å². The average molecular weight is 618 g/mol. The highest BCUT2D eigenvalue weighted by Gasteiger charge is 2.39. The lowest BCUT2D eigenvalue weighted by molar-refractivity contribution is 0.0990. The van der Waals surface area contributed by atoms with E-state index < -0.39 is 0 Å². The standard InChI is InChI=1S/C42H35NO2S/c1-26-22-29(18-20-32(26)27-12-6-4-7-13-27)43(28-14-8-5-9-15-28)30-19-21-35-37(23-30)42(2,3)38-25-31(46-41(35)38)24-36-39(44)33-16-10-11-17-34(33)40(36)45/h5-6,8-21,23-26H,4,7,22H2,1-3H3. The molecular weight excluding hydrogens is 583 g/mol. The van der Waals surface area contributed by atoms with Gasteiger partial charge in [0.1, 0.15) is 0 Å². The summed E-state index contributed by atoms with van der Waals surface area (Å²) in [6.07, 6.45) is 16.6. The van der Waals surface area contributed by atoms with Gasteiger partial charge in [0.05, 0.1) is 5.57 Å². The van der Waals surface area contributed by atoms with Crippen LogP contribution in [0.2, 0.25) is 0 Å². The van der Waals surface area contributed by atoms with Gasteiger partial charge in [-0.3, -0.25) is 9.59 Å². The number of hydrogen-bond donors (Lipinski definition) is 0. The van der Waals surface area contributed by atoms with Gasteiger partial charge in [0.25, 0.3) is 0 Å². The van der Waals surface area contributed by atoms with Crippen molar-refractivity contribution < 1.29 is 9.59 Å². The van der Waals surface area contributed by atoms with E-state index in [0.717, 1.165) is 35.5 Å². The first kappa shape index (κ1) is 28.7. The average Bonchev–Trinajstić information content (AvgIpc) is 3.68. The third-order valence-corrected chi connectivity index (χ3v) is 11.0. The highest BCUT2D eigenvalue weighted by Crippen LogP contribution is 2.54. The summed E-state index contributed by atoms with van der Waals surface area (Å²) < 4.78 is 0. The zero-order valence-corrected chi connectivity index (χ0v) is 27.2. The van der Waals surface area contributed by atoms with Crippen LogP contribution in [-0.4, -0.2) is 11.6 Å². The maximum Gasteiger partial charge on any atom is 0.197 e. The molecule has 4 aromatic rings. The molecule has 1 atom stereocenters. The van der Waals surface area contributed by atoms with E-state index in [-0.39, 0.29) is 22.6 Å². The minimum Gasteiger partial charge on any atom is -0.314 e. The molecule has 4 aliphatic carbocycles. The maximum absolute atomic E-state index is 13.1. The van der Waals surface area contributed by atoms with E-state index in [9.17, 15) is 9.59 Å². The van der Waals surface area contributed by atoms with Gasteiger partial charge in [-0.2, -0.15) is 0 Å². The van der Waals surface area contributed by atoms with Crippen LogP contribution in [0.1, 0.15) is 76.8 Å². The molecule has 0 spiro atoms. The number of rotatable bonds is 5. The number of Topliss-reactive ketones (excluding diaryl/α,β-unsaturated/α-hetero) is 2. The zero-order valence-electron chi connectivity index (χ0n) is 26.3. The third-order valence-electron chi connectivity index (χ3n) is 9.93. The fraction of sp³-hybridized carbons (Fsp3) is 0.190. The van der Waals surface area contributed by atoms with Crippen molar-refractivity contribution in [3.8, 4) is 10.4 Å². The molecule has 46 heavy (non-hydrogen) atoms. The second kappa shape index (κ2) is 10.9. The Labute approximate surface area is 274 Å². The first-order chi connectivity index (χ1) is 22.3. The lowest BCUT2D eigenvalue weighted by Gasteiger charge is -2.33. The van der Waals surface area contributed by atoms with Gasteiger partial charge in [0.15, 0.2) is 11.6 Å². The van der Waals surface area contributed by atoms with Crippen molar-refractivity contribution in [3.63, 3.8) is 0 Å². The highest BCUT2D eigenvalue weighted by atomic mass is 32.1. The molecule has 0 fully saturated rings. The maximum atomic E-state index is 13.1. The molecule has 1 unspecified atom stereocenters. The predicted molar refractivity (Wildman–Crippen MR) is 190 cm³/mol. The fourth-order valence-corrected chi connectivity index (χ4v) is 8.80. The summed E-state index contributed by atoms with van der Waals surface area (Å²) in [5.74, 6) is 0.0523. The smallest absolute Gasteiger partial charge is 0.197 e. The van der Waals surface area contributed by atoms with Crippen LogP contribution in [0.4, 0.5) is 11.4 Å².